The van der Waals surface area contributed by atoms with Crippen molar-refractivity contribution >= 4 is 46.8 Å². The minimum Gasteiger partial charge on any atom is -0.352 e. The van der Waals surface area contributed by atoms with Gasteiger partial charge in [-0.3, -0.25) is 9.59 Å². The van der Waals surface area contributed by atoms with E-state index in [1.165, 1.54) is 28.8 Å². The lowest BCUT2D eigenvalue weighted by Gasteiger charge is -2.29. The zero-order chi connectivity index (χ0) is 23.0. The number of hydrogen-bond donors (Lipinski definition) is 1. The monoisotopic (exact) mass is 484 g/mol. The van der Waals surface area contributed by atoms with Crippen molar-refractivity contribution in [1.82, 2.24) is 10.2 Å². The number of amides is 2. The van der Waals surface area contributed by atoms with Crippen LogP contribution in [0.15, 0.2) is 42.5 Å². The normalized spacial score (nSPS) is 12.8. The van der Waals surface area contributed by atoms with E-state index in [0.717, 1.165) is 17.5 Å². The highest BCUT2D eigenvalue weighted by atomic mass is 35.5. The van der Waals surface area contributed by atoms with Crippen molar-refractivity contribution in [2.75, 3.05) is 5.75 Å². The molecule has 2 aromatic rings. The first-order valence-electron chi connectivity index (χ1n) is 10.1. The molecule has 2 amide bonds. The Kier molecular flexibility index (Phi) is 10.1. The predicted molar refractivity (Wildman–Crippen MR) is 127 cm³/mol. The number of nitrogens with one attached hydrogen (secondary N) is 1. The molecule has 0 radical (unpaired) electrons. The number of halogens is 3. The molecule has 0 aliphatic heterocycles. The quantitative estimate of drug-likeness (QED) is 0.470. The largest absolute Gasteiger partial charge is 0.352 e. The van der Waals surface area contributed by atoms with Crippen molar-refractivity contribution in [3.8, 4) is 0 Å². The van der Waals surface area contributed by atoms with Gasteiger partial charge in [0.1, 0.15) is 11.9 Å². The van der Waals surface area contributed by atoms with Gasteiger partial charge in [-0.15, -0.1) is 11.8 Å². The predicted octanol–water partition coefficient (Wildman–Crippen LogP) is 5.70. The highest BCUT2D eigenvalue weighted by Gasteiger charge is 2.26. The topological polar surface area (TPSA) is 49.4 Å². The van der Waals surface area contributed by atoms with Crippen LogP contribution in [0.5, 0.6) is 0 Å². The van der Waals surface area contributed by atoms with Crippen LogP contribution in [0.1, 0.15) is 38.3 Å². The molecule has 1 N–H and O–H groups in total. The van der Waals surface area contributed by atoms with Crippen LogP contribution in [0.3, 0.4) is 0 Å². The number of hydrogen-bond acceptors (Lipinski definition) is 3. The molecule has 0 saturated heterocycles. The van der Waals surface area contributed by atoms with Crippen molar-refractivity contribution < 1.29 is 14.0 Å². The average molecular weight is 485 g/mol. The van der Waals surface area contributed by atoms with E-state index < -0.39 is 6.04 Å². The van der Waals surface area contributed by atoms with Gasteiger partial charge in [-0.25, -0.2) is 4.39 Å². The number of rotatable bonds is 10. The standard InChI is InChI=1S/C23H27Cl2FN2O2S/c1-4-15(2)27-23(30)16(3)28(12-17-5-9-20(26)10-6-17)22(29)14-31-13-18-7-8-19(24)11-21(18)25/h5-11,15-16H,4,12-14H2,1-3H3,(H,27,30)/t15-,16-/m1/s1. The van der Waals surface area contributed by atoms with Gasteiger partial charge in [-0.2, -0.15) is 0 Å². The first kappa shape index (κ1) is 25.5. The first-order valence-corrected chi connectivity index (χ1v) is 12.0. The SMILES string of the molecule is CC[C@@H](C)NC(=O)[C@@H](C)N(Cc1ccc(F)cc1)C(=O)CSCc1ccc(Cl)cc1Cl. The Morgan fingerprint density at radius 2 is 1.81 bits per heavy atom. The third-order valence-corrected chi connectivity index (χ3v) is 6.49. The smallest absolute Gasteiger partial charge is 0.242 e. The molecule has 0 heterocycles. The Balaban J connectivity index is 2.08. The van der Waals surface area contributed by atoms with Crippen molar-refractivity contribution in [2.24, 2.45) is 0 Å². The summed E-state index contributed by atoms with van der Waals surface area (Å²) >= 11 is 13.5. The van der Waals surface area contributed by atoms with E-state index in [1.54, 1.807) is 31.2 Å². The minimum absolute atomic E-state index is 0.0131. The molecule has 0 spiro atoms. The molecule has 0 aliphatic rings. The van der Waals surface area contributed by atoms with E-state index in [9.17, 15) is 14.0 Å². The molecule has 8 heteroatoms. The van der Waals surface area contributed by atoms with Crippen LogP contribution < -0.4 is 5.32 Å². The Bertz CT molecular complexity index is 896. The summed E-state index contributed by atoms with van der Waals surface area (Å²) in [5, 5.41) is 4.03. The molecular formula is C23H27Cl2FN2O2S. The van der Waals surface area contributed by atoms with E-state index >= 15 is 0 Å². The van der Waals surface area contributed by atoms with Gasteiger partial charge in [0.25, 0.3) is 0 Å². The molecule has 0 unspecified atom stereocenters. The molecule has 0 bridgehead atoms. The average Bonchev–Trinajstić information content (AvgIpc) is 2.74. The van der Waals surface area contributed by atoms with Crippen LogP contribution in [0, 0.1) is 5.82 Å². The number of benzene rings is 2. The molecule has 168 valence electrons. The number of carbonyl (C=O) groups excluding carboxylic acids is 2. The second kappa shape index (κ2) is 12.3. The number of thioether (sulfide) groups is 1. The molecule has 2 atom stereocenters. The molecule has 2 aromatic carbocycles. The Hall–Kier alpha value is -1.76. The Morgan fingerprint density at radius 1 is 1.13 bits per heavy atom. The maximum absolute atomic E-state index is 13.3. The fraction of sp³-hybridized carbons (Fsp3) is 0.391. The van der Waals surface area contributed by atoms with Crippen molar-refractivity contribution in [3.05, 3.63) is 69.5 Å². The Labute approximate surface area is 197 Å². The van der Waals surface area contributed by atoms with E-state index in [-0.39, 0.29) is 36.0 Å². The van der Waals surface area contributed by atoms with Gasteiger partial charge in [0.2, 0.25) is 11.8 Å². The third kappa shape index (κ3) is 8.02. The Morgan fingerprint density at radius 3 is 2.42 bits per heavy atom. The lowest BCUT2D eigenvalue weighted by atomic mass is 10.1. The maximum Gasteiger partial charge on any atom is 0.242 e. The lowest BCUT2D eigenvalue weighted by molar-refractivity contribution is -0.138. The molecule has 0 aromatic heterocycles. The molecule has 0 fully saturated rings. The molecule has 0 aliphatic carbocycles. The summed E-state index contributed by atoms with van der Waals surface area (Å²) in [5.74, 6) is -0.0120. The zero-order valence-corrected chi connectivity index (χ0v) is 20.2. The summed E-state index contributed by atoms with van der Waals surface area (Å²) in [6.45, 7) is 5.83. The lowest BCUT2D eigenvalue weighted by Crippen LogP contribution is -2.50. The van der Waals surface area contributed by atoms with Gasteiger partial charge in [-0.1, -0.05) is 48.3 Å². The number of carbonyl (C=O) groups is 2. The van der Waals surface area contributed by atoms with E-state index in [0.29, 0.717) is 15.8 Å². The number of nitrogens with zero attached hydrogens (tertiary/aromatic N) is 1. The summed E-state index contributed by atoms with van der Waals surface area (Å²) in [7, 11) is 0. The van der Waals surface area contributed by atoms with Gasteiger partial charge in [-0.05, 0) is 55.7 Å². The summed E-state index contributed by atoms with van der Waals surface area (Å²) < 4.78 is 13.3. The van der Waals surface area contributed by atoms with Crippen molar-refractivity contribution in [3.63, 3.8) is 0 Å². The second-order valence-corrected chi connectivity index (χ2v) is 9.20. The van der Waals surface area contributed by atoms with Gasteiger partial charge >= 0.3 is 0 Å². The highest BCUT2D eigenvalue weighted by molar-refractivity contribution is 7.99. The van der Waals surface area contributed by atoms with Gasteiger partial charge in [0, 0.05) is 28.4 Å². The molecule has 2 rings (SSSR count). The fourth-order valence-corrected chi connectivity index (χ4v) is 4.27. The van der Waals surface area contributed by atoms with E-state index in [1.807, 2.05) is 19.9 Å². The van der Waals surface area contributed by atoms with E-state index in [2.05, 4.69) is 5.32 Å². The van der Waals surface area contributed by atoms with Crippen LogP contribution in [0.2, 0.25) is 10.0 Å². The summed E-state index contributed by atoms with van der Waals surface area (Å²) in [4.78, 5) is 27.2. The summed E-state index contributed by atoms with van der Waals surface area (Å²) in [5.41, 5.74) is 1.64. The van der Waals surface area contributed by atoms with E-state index in [4.69, 9.17) is 23.2 Å². The maximum atomic E-state index is 13.3. The van der Waals surface area contributed by atoms with Crippen molar-refractivity contribution in [1.29, 1.82) is 0 Å². The second-order valence-electron chi connectivity index (χ2n) is 7.37. The van der Waals surface area contributed by atoms with Crippen molar-refractivity contribution in [2.45, 2.75) is 51.6 Å². The van der Waals surface area contributed by atoms with Gasteiger partial charge in [0.05, 0.1) is 5.75 Å². The van der Waals surface area contributed by atoms with Gasteiger partial charge in [0.15, 0.2) is 0 Å². The molecule has 0 saturated carbocycles. The third-order valence-electron chi connectivity index (χ3n) is 4.93. The van der Waals surface area contributed by atoms with Crippen LogP contribution in [0.25, 0.3) is 0 Å². The summed E-state index contributed by atoms with van der Waals surface area (Å²) in [6.07, 6.45) is 0.794. The van der Waals surface area contributed by atoms with Crippen LogP contribution in [0.4, 0.5) is 4.39 Å². The highest BCUT2D eigenvalue weighted by Crippen LogP contribution is 2.25. The first-order chi connectivity index (χ1) is 14.7. The molecular weight excluding hydrogens is 458 g/mol. The molecule has 4 nitrogen and oxygen atoms in total. The van der Waals surface area contributed by atoms with Gasteiger partial charge < -0.3 is 10.2 Å². The van der Waals surface area contributed by atoms with Crippen LogP contribution in [-0.2, 0) is 21.9 Å². The fourth-order valence-electron chi connectivity index (χ4n) is 2.80. The summed E-state index contributed by atoms with van der Waals surface area (Å²) in [6, 6.07) is 10.5. The minimum atomic E-state index is -0.661. The van der Waals surface area contributed by atoms with Crippen LogP contribution >= 0.6 is 35.0 Å². The molecule has 31 heavy (non-hydrogen) atoms. The zero-order valence-electron chi connectivity index (χ0n) is 17.8. The van der Waals surface area contributed by atoms with Crippen LogP contribution in [-0.4, -0.2) is 34.6 Å².